The Balaban J connectivity index is 1.82. The predicted molar refractivity (Wildman–Crippen MR) is 194 cm³/mol. The second-order valence-electron chi connectivity index (χ2n) is 14.1. The zero-order valence-corrected chi connectivity index (χ0v) is 30.6. The van der Waals surface area contributed by atoms with Gasteiger partial charge in [-0.25, -0.2) is 9.59 Å². The number of terminal acetylenes is 1. The summed E-state index contributed by atoms with van der Waals surface area (Å²) in [5, 5.41) is 5.29. The van der Waals surface area contributed by atoms with Crippen LogP contribution >= 0.6 is 7.37 Å². The van der Waals surface area contributed by atoms with Crippen LogP contribution in [-0.4, -0.2) is 52.1 Å². The third kappa shape index (κ3) is 14.1. The maximum atomic E-state index is 14.1. The van der Waals surface area contributed by atoms with E-state index in [2.05, 4.69) is 16.6 Å². The molecule has 3 rings (SSSR count). The molecule has 3 aromatic rings. The average molecular weight is 705 g/mol. The van der Waals surface area contributed by atoms with E-state index in [1.54, 1.807) is 99.6 Å². The summed E-state index contributed by atoms with van der Waals surface area (Å²) in [7, 11) is -4.35. The van der Waals surface area contributed by atoms with Crippen LogP contribution in [-0.2, 0) is 43.1 Å². The number of amides is 2. The summed E-state index contributed by atoms with van der Waals surface area (Å²) < 4.78 is 30.9. The number of benzene rings is 3. The van der Waals surface area contributed by atoms with Gasteiger partial charge in [-0.15, -0.1) is 12.3 Å². The summed E-state index contributed by atoms with van der Waals surface area (Å²) in [6.07, 6.45) is 4.07. The zero-order chi connectivity index (χ0) is 37.0. The summed E-state index contributed by atoms with van der Waals surface area (Å²) in [6.45, 7) is 10.9. The van der Waals surface area contributed by atoms with Crippen LogP contribution in [0, 0.1) is 18.3 Å². The number of carbonyl (C=O) groups excluding carboxylic acids is 3. The number of carbonyl (C=O) groups is 3. The zero-order valence-electron chi connectivity index (χ0n) is 29.7. The smallest absolute Gasteiger partial charge is 0.408 e. The predicted octanol–water partition coefficient (Wildman–Crippen LogP) is 6.64. The molecule has 11 heteroatoms. The van der Waals surface area contributed by atoms with Crippen molar-refractivity contribution in [3.63, 3.8) is 0 Å². The second-order valence-corrected chi connectivity index (χ2v) is 16.6. The van der Waals surface area contributed by atoms with Gasteiger partial charge in [0.05, 0.1) is 5.92 Å². The van der Waals surface area contributed by atoms with Crippen LogP contribution < -0.4 is 15.4 Å². The van der Waals surface area contributed by atoms with Gasteiger partial charge in [0.2, 0.25) is 13.3 Å². The Hall–Kier alpha value is -4.58. The first-order chi connectivity index (χ1) is 23.4. The van der Waals surface area contributed by atoms with Gasteiger partial charge in [0, 0.05) is 25.4 Å². The molecule has 0 aliphatic heterocycles. The van der Waals surface area contributed by atoms with Crippen molar-refractivity contribution in [3.05, 3.63) is 102 Å². The van der Waals surface area contributed by atoms with Gasteiger partial charge in [0.15, 0.2) is 0 Å². The van der Waals surface area contributed by atoms with Gasteiger partial charge in [0.25, 0.3) is 0 Å². The lowest BCUT2D eigenvalue weighted by atomic mass is 10.0. The van der Waals surface area contributed by atoms with Crippen LogP contribution in [0.2, 0.25) is 0 Å². The van der Waals surface area contributed by atoms with Gasteiger partial charge in [-0.2, -0.15) is 0 Å². The van der Waals surface area contributed by atoms with E-state index in [0.29, 0.717) is 11.3 Å². The first-order valence-electron chi connectivity index (χ1n) is 16.5. The lowest BCUT2D eigenvalue weighted by Gasteiger charge is -2.28. The Morgan fingerprint density at radius 3 is 1.90 bits per heavy atom. The van der Waals surface area contributed by atoms with E-state index in [1.165, 1.54) is 0 Å². The number of ether oxygens (including phenoxy) is 3. The van der Waals surface area contributed by atoms with Crippen LogP contribution in [0.1, 0.15) is 64.7 Å². The minimum absolute atomic E-state index is 0.00506. The molecule has 0 heterocycles. The SMILES string of the molecule is C#CC[C@@H](CP(=O)(O)[C@H](Cc1ccccc1)NC(=O)OCc1ccccc1)C(=O)N[C@@H](Cc1ccc(OC(C)(C)C)cc1)C(=O)OC(C)(C)C. The fourth-order valence-electron chi connectivity index (χ4n) is 5.00. The number of esters is 1. The van der Waals surface area contributed by atoms with Crippen molar-refractivity contribution >= 4 is 25.3 Å². The molecule has 3 N–H and O–H groups in total. The summed E-state index contributed by atoms with van der Waals surface area (Å²) in [4.78, 5) is 51.5. The molecule has 0 aromatic heterocycles. The van der Waals surface area contributed by atoms with E-state index in [4.69, 9.17) is 20.6 Å². The lowest BCUT2D eigenvalue weighted by Crippen LogP contribution is -2.48. The molecule has 268 valence electrons. The van der Waals surface area contributed by atoms with Crippen molar-refractivity contribution in [1.29, 1.82) is 0 Å². The molecule has 0 aliphatic rings. The van der Waals surface area contributed by atoms with E-state index in [9.17, 15) is 23.8 Å². The van der Waals surface area contributed by atoms with E-state index in [-0.39, 0.29) is 25.9 Å². The van der Waals surface area contributed by atoms with Crippen LogP contribution in [0.4, 0.5) is 4.79 Å². The third-order valence-electron chi connectivity index (χ3n) is 7.27. The number of rotatable bonds is 15. The Labute approximate surface area is 295 Å². The van der Waals surface area contributed by atoms with Crippen molar-refractivity contribution in [1.82, 2.24) is 10.6 Å². The highest BCUT2D eigenvalue weighted by molar-refractivity contribution is 7.58. The molecule has 0 bridgehead atoms. The van der Waals surface area contributed by atoms with E-state index >= 15 is 0 Å². The molecule has 0 fully saturated rings. The highest BCUT2D eigenvalue weighted by Gasteiger charge is 2.38. The van der Waals surface area contributed by atoms with Gasteiger partial charge in [-0.3, -0.25) is 9.36 Å². The molecule has 0 spiro atoms. The minimum Gasteiger partial charge on any atom is -0.488 e. The molecule has 0 saturated heterocycles. The van der Waals surface area contributed by atoms with Crippen molar-refractivity contribution in [2.24, 2.45) is 5.92 Å². The van der Waals surface area contributed by atoms with Crippen LogP contribution in [0.5, 0.6) is 5.75 Å². The molecule has 0 saturated carbocycles. The van der Waals surface area contributed by atoms with Crippen LogP contribution in [0.25, 0.3) is 0 Å². The topological polar surface area (TPSA) is 140 Å². The number of hydrogen-bond acceptors (Lipinski definition) is 7. The average Bonchev–Trinajstić information content (AvgIpc) is 3.03. The van der Waals surface area contributed by atoms with Crippen molar-refractivity contribution in [2.75, 3.05) is 6.16 Å². The lowest BCUT2D eigenvalue weighted by molar-refractivity contribution is -0.158. The number of hydrogen-bond donors (Lipinski definition) is 3. The van der Waals surface area contributed by atoms with Crippen molar-refractivity contribution in [2.45, 2.75) is 90.4 Å². The molecule has 2 amide bonds. The molecule has 0 aliphatic carbocycles. The number of alkyl carbamates (subject to hydrolysis) is 1. The molecule has 0 radical (unpaired) electrons. The highest BCUT2D eigenvalue weighted by atomic mass is 31.2. The monoisotopic (exact) mass is 704 g/mol. The summed E-state index contributed by atoms with van der Waals surface area (Å²) in [6, 6.07) is 23.9. The fourth-order valence-corrected chi connectivity index (χ4v) is 6.98. The van der Waals surface area contributed by atoms with E-state index in [1.807, 2.05) is 26.8 Å². The Bertz CT molecular complexity index is 1640. The molecule has 4 atom stereocenters. The van der Waals surface area contributed by atoms with E-state index < -0.39 is 60.4 Å². The highest BCUT2D eigenvalue weighted by Crippen LogP contribution is 2.48. The fraction of sp³-hybridized carbons (Fsp3) is 0.410. The molecular weight excluding hydrogens is 655 g/mol. The maximum Gasteiger partial charge on any atom is 0.408 e. The largest absolute Gasteiger partial charge is 0.488 e. The summed E-state index contributed by atoms with van der Waals surface area (Å²) in [5.41, 5.74) is 0.926. The number of nitrogens with one attached hydrogen (secondary N) is 2. The maximum absolute atomic E-state index is 14.1. The Morgan fingerprint density at radius 1 is 0.800 bits per heavy atom. The minimum atomic E-state index is -4.35. The second kappa shape index (κ2) is 17.9. The van der Waals surface area contributed by atoms with Gasteiger partial charge >= 0.3 is 12.1 Å². The Morgan fingerprint density at radius 2 is 1.36 bits per heavy atom. The van der Waals surface area contributed by atoms with Crippen molar-refractivity contribution in [3.8, 4) is 18.1 Å². The summed E-state index contributed by atoms with van der Waals surface area (Å²) in [5.74, 6) is -0.749. The quantitative estimate of drug-likeness (QED) is 0.0910. The van der Waals surface area contributed by atoms with E-state index in [0.717, 1.165) is 11.1 Å². The van der Waals surface area contributed by atoms with Gasteiger partial charge in [-0.1, -0.05) is 72.8 Å². The standard InChI is InChI=1S/C39H49N2O8P/c1-8-15-31(35(42)40-33(36(43)49-39(5,6)7)24-29-20-22-32(23-21-29)48-38(2,3)4)27-50(45,46)34(25-28-16-11-9-12-17-28)41-37(44)47-26-30-18-13-10-14-19-30/h1,9-14,16-23,31,33-34H,15,24-27H2,2-7H3,(H,40,42)(H,41,44)(H,45,46)/t31-,33-,34+/m0/s1. The summed E-state index contributed by atoms with van der Waals surface area (Å²) >= 11 is 0. The molecule has 10 nitrogen and oxygen atoms in total. The molecular formula is C39H49N2O8P. The van der Waals surface area contributed by atoms with Crippen molar-refractivity contribution < 1.29 is 38.1 Å². The first-order valence-corrected chi connectivity index (χ1v) is 18.4. The van der Waals surface area contributed by atoms with Gasteiger partial charge in [-0.05, 0) is 70.4 Å². The van der Waals surface area contributed by atoms with Gasteiger partial charge < -0.3 is 29.7 Å². The first kappa shape index (κ1) is 39.9. The molecule has 3 aromatic carbocycles. The van der Waals surface area contributed by atoms with Gasteiger partial charge in [0.1, 0.15) is 35.4 Å². The molecule has 50 heavy (non-hydrogen) atoms. The normalized spacial score (nSPS) is 14.5. The Kier molecular flexibility index (Phi) is 14.3. The van der Waals surface area contributed by atoms with Crippen LogP contribution in [0.15, 0.2) is 84.9 Å². The molecule has 1 unspecified atom stereocenters. The van der Waals surface area contributed by atoms with Crippen LogP contribution in [0.3, 0.4) is 0 Å². The third-order valence-corrected chi connectivity index (χ3v) is 9.52.